The van der Waals surface area contributed by atoms with Crippen LogP contribution < -0.4 is 14.9 Å². The molecule has 1 saturated carbocycles. The van der Waals surface area contributed by atoms with Crippen LogP contribution in [-0.2, 0) is 14.8 Å². The summed E-state index contributed by atoms with van der Waals surface area (Å²) in [5.74, 6) is -0.398. The number of hydrogen-bond acceptors (Lipinski definition) is 6. The smallest absolute Gasteiger partial charge is 0.293 e. The lowest BCUT2D eigenvalue weighted by Crippen LogP contribution is -2.41. The van der Waals surface area contributed by atoms with Gasteiger partial charge in [-0.2, -0.15) is 0 Å². The minimum absolute atomic E-state index is 0.0740. The average Bonchev–Trinajstić information content (AvgIpc) is 2.88. The van der Waals surface area contributed by atoms with Gasteiger partial charge in [0.05, 0.1) is 16.4 Å². The summed E-state index contributed by atoms with van der Waals surface area (Å²) in [7, 11) is -0.773. The van der Waals surface area contributed by atoms with Crippen molar-refractivity contribution in [2.75, 3.05) is 25.5 Å². The third-order valence-corrected chi connectivity index (χ3v) is 5.98. The lowest BCUT2D eigenvalue weighted by Gasteiger charge is -2.17. The summed E-state index contributed by atoms with van der Waals surface area (Å²) in [5.41, 5.74) is -0.0177. The third-order valence-electron chi connectivity index (χ3n) is 4.58. The van der Waals surface area contributed by atoms with Gasteiger partial charge in [-0.05, 0) is 25.0 Å². The van der Waals surface area contributed by atoms with E-state index in [9.17, 15) is 23.3 Å². The topological polar surface area (TPSA) is 122 Å². The zero-order chi connectivity index (χ0) is 20.0. The summed E-state index contributed by atoms with van der Waals surface area (Å²) in [6.45, 7) is -0.401. The highest BCUT2D eigenvalue weighted by atomic mass is 32.2. The van der Waals surface area contributed by atoms with Crippen molar-refractivity contribution in [1.29, 1.82) is 0 Å². The number of hydrogen-bond donors (Lipinski definition) is 2. The number of benzene rings is 1. The summed E-state index contributed by atoms with van der Waals surface area (Å²) in [5, 5.41) is 14.1. The van der Waals surface area contributed by atoms with Crippen LogP contribution in [0.4, 0.5) is 11.4 Å². The zero-order valence-electron chi connectivity index (χ0n) is 15.6. The Hall–Kier alpha value is -2.20. The van der Waals surface area contributed by atoms with Gasteiger partial charge in [-0.3, -0.25) is 14.9 Å². The third kappa shape index (κ3) is 5.90. The van der Waals surface area contributed by atoms with Crippen molar-refractivity contribution in [3.8, 4) is 0 Å². The van der Waals surface area contributed by atoms with Crippen molar-refractivity contribution >= 4 is 27.3 Å². The molecule has 9 nitrogen and oxygen atoms in total. The molecule has 0 radical (unpaired) electrons. The van der Waals surface area contributed by atoms with Crippen LogP contribution in [0.25, 0.3) is 0 Å². The molecule has 10 heteroatoms. The van der Waals surface area contributed by atoms with E-state index in [4.69, 9.17) is 0 Å². The van der Waals surface area contributed by atoms with Crippen molar-refractivity contribution in [1.82, 2.24) is 10.0 Å². The number of amides is 1. The molecule has 1 amide bonds. The molecule has 0 spiro atoms. The zero-order valence-corrected chi connectivity index (χ0v) is 16.4. The van der Waals surface area contributed by atoms with Gasteiger partial charge in [0.2, 0.25) is 15.9 Å². The number of sulfonamides is 1. The number of carbonyl (C=O) groups excluding carboxylic acids is 1. The van der Waals surface area contributed by atoms with Gasteiger partial charge >= 0.3 is 0 Å². The van der Waals surface area contributed by atoms with Gasteiger partial charge in [-0.25, -0.2) is 13.1 Å². The number of nitrogens with zero attached hydrogens (tertiary/aromatic N) is 2. The van der Waals surface area contributed by atoms with Gasteiger partial charge in [0.25, 0.3) is 5.69 Å². The van der Waals surface area contributed by atoms with E-state index in [1.807, 2.05) is 0 Å². The molecule has 0 atom stereocenters. The monoisotopic (exact) mass is 398 g/mol. The lowest BCUT2D eigenvalue weighted by molar-refractivity contribution is -0.384. The van der Waals surface area contributed by atoms with E-state index in [2.05, 4.69) is 10.0 Å². The fraction of sp³-hybridized carbons (Fsp3) is 0.588. The summed E-state index contributed by atoms with van der Waals surface area (Å²) in [6, 6.07) is 3.73. The first-order valence-corrected chi connectivity index (χ1v) is 10.4. The van der Waals surface area contributed by atoms with Crippen LogP contribution in [0.2, 0.25) is 0 Å². The van der Waals surface area contributed by atoms with E-state index in [0.29, 0.717) is 5.69 Å². The Morgan fingerprint density at radius 2 is 1.85 bits per heavy atom. The Balaban J connectivity index is 2.04. The van der Waals surface area contributed by atoms with Gasteiger partial charge in [0.1, 0.15) is 5.69 Å². The van der Waals surface area contributed by atoms with Gasteiger partial charge in [-0.1, -0.05) is 25.7 Å². The Kier molecular flexibility index (Phi) is 7.14. The standard InChI is InChI=1S/C17H26N4O5S/c1-20(2)15-10-9-14(11-16(15)21(23)24)27(25,26)18-12-17(22)19-13-7-5-3-4-6-8-13/h9-11,13,18H,3-8,12H2,1-2H3,(H,19,22). The van der Waals surface area contributed by atoms with E-state index in [1.54, 1.807) is 14.1 Å². The Morgan fingerprint density at radius 1 is 1.22 bits per heavy atom. The first-order chi connectivity index (χ1) is 12.7. The van der Waals surface area contributed by atoms with Crippen molar-refractivity contribution in [2.24, 2.45) is 0 Å². The minimum Gasteiger partial charge on any atom is -0.372 e. The second-order valence-electron chi connectivity index (χ2n) is 6.88. The van der Waals surface area contributed by atoms with Gasteiger partial charge in [0, 0.05) is 26.2 Å². The molecule has 0 unspecified atom stereocenters. The van der Waals surface area contributed by atoms with Crippen LogP contribution in [-0.4, -0.2) is 45.9 Å². The lowest BCUT2D eigenvalue weighted by atomic mass is 10.1. The highest BCUT2D eigenvalue weighted by molar-refractivity contribution is 7.89. The first kappa shape index (κ1) is 21.1. The van der Waals surface area contributed by atoms with Crippen LogP contribution in [0.1, 0.15) is 38.5 Å². The second-order valence-corrected chi connectivity index (χ2v) is 8.65. The molecule has 150 valence electrons. The van der Waals surface area contributed by atoms with Crippen molar-refractivity contribution in [3.63, 3.8) is 0 Å². The molecule has 27 heavy (non-hydrogen) atoms. The highest BCUT2D eigenvalue weighted by Crippen LogP contribution is 2.29. The molecule has 1 aromatic carbocycles. The molecule has 0 bridgehead atoms. The van der Waals surface area contributed by atoms with E-state index >= 15 is 0 Å². The first-order valence-electron chi connectivity index (χ1n) is 8.95. The molecule has 0 aliphatic heterocycles. The summed E-state index contributed by atoms with van der Waals surface area (Å²) < 4.78 is 27.0. The molecule has 1 aliphatic rings. The Bertz CT molecular complexity index is 787. The molecule has 1 aliphatic carbocycles. The van der Waals surface area contributed by atoms with Crippen molar-refractivity contribution < 1.29 is 18.1 Å². The van der Waals surface area contributed by atoms with E-state index in [-0.39, 0.29) is 16.6 Å². The molecule has 0 aromatic heterocycles. The number of nitro groups is 1. The largest absolute Gasteiger partial charge is 0.372 e. The highest BCUT2D eigenvalue weighted by Gasteiger charge is 2.23. The fourth-order valence-corrected chi connectivity index (χ4v) is 4.14. The minimum atomic E-state index is -4.04. The second kappa shape index (κ2) is 9.14. The summed E-state index contributed by atoms with van der Waals surface area (Å²) in [4.78, 5) is 23.9. The number of nitro benzene ring substituents is 1. The molecule has 2 rings (SSSR count). The van der Waals surface area contributed by atoms with Crippen LogP contribution in [0.3, 0.4) is 0 Å². The SMILES string of the molecule is CN(C)c1ccc(S(=O)(=O)NCC(=O)NC2CCCCCC2)cc1[N+](=O)[O-]. The Morgan fingerprint density at radius 3 is 2.41 bits per heavy atom. The predicted octanol–water partition coefficient (Wildman–Crippen LogP) is 1.78. The van der Waals surface area contributed by atoms with Gasteiger partial charge in [0.15, 0.2) is 0 Å². The fourth-order valence-electron chi connectivity index (χ4n) is 3.14. The van der Waals surface area contributed by atoms with Crippen molar-refractivity contribution in [3.05, 3.63) is 28.3 Å². The quantitative estimate of drug-likeness (QED) is 0.410. The maximum Gasteiger partial charge on any atom is 0.293 e. The van der Waals surface area contributed by atoms with Gasteiger partial charge in [-0.15, -0.1) is 0 Å². The maximum atomic E-state index is 12.4. The number of anilines is 1. The molecule has 0 saturated heterocycles. The van der Waals surface area contributed by atoms with Crippen LogP contribution in [0.5, 0.6) is 0 Å². The van der Waals surface area contributed by atoms with Crippen molar-refractivity contribution in [2.45, 2.75) is 49.5 Å². The van der Waals surface area contributed by atoms with E-state index < -0.39 is 27.4 Å². The van der Waals surface area contributed by atoms with E-state index in [1.165, 1.54) is 17.0 Å². The van der Waals surface area contributed by atoms with Crippen LogP contribution in [0.15, 0.2) is 23.1 Å². The predicted molar refractivity (Wildman–Crippen MR) is 102 cm³/mol. The summed E-state index contributed by atoms with van der Waals surface area (Å²) in [6.07, 6.45) is 6.21. The molecule has 1 fully saturated rings. The number of carbonyl (C=O) groups is 1. The molecule has 2 N–H and O–H groups in total. The normalized spacial score (nSPS) is 15.8. The average molecular weight is 398 g/mol. The maximum absolute atomic E-state index is 12.4. The van der Waals surface area contributed by atoms with Gasteiger partial charge < -0.3 is 10.2 Å². The molecular formula is C17H26N4O5S. The van der Waals surface area contributed by atoms with E-state index in [0.717, 1.165) is 44.6 Å². The van der Waals surface area contributed by atoms with Crippen LogP contribution >= 0.6 is 0 Å². The number of rotatable bonds is 7. The Labute approximate surface area is 159 Å². The van der Waals surface area contributed by atoms with Crippen LogP contribution in [0, 0.1) is 10.1 Å². The molecule has 1 aromatic rings. The summed E-state index contributed by atoms with van der Waals surface area (Å²) >= 11 is 0. The number of nitrogens with one attached hydrogen (secondary N) is 2. The molecule has 0 heterocycles. The molecular weight excluding hydrogens is 372 g/mol.